The van der Waals surface area contributed by atoms with E-state index in [4.69, 9.17) is 9.84 Å². The lowest BCUT2D eigenvalue weighted by Gasteiger charge is -2.14. The van der Waals surface area contributed by atoms with Gasteiger partial charge in [0, 0.05) is 13.2 Å². The van der Waals surface area contributed by atoms with Crippen molar-refractivity contribution in [3.05, 3.63) is 29.6 Å². The molecule has 0 radical (unpaired) electrons. The van der Waals surface area contributed by atoms with Crippen molar-refractivity contribution in [2.75, 3.05) is 12.4 Å². The van der Waals surface area contributed by atoms with E-state index in [9.17, 15) is 14.0 Å². The minimum Gasteiger partial charge on any atom is -0.478 e. The number of rotatable bonds is 4. The molecule has 3 N–H and O–H groups in total. The van der Waals surface area contributed by atoms with E-state index in [0.717, 1.165) is 31.0 Å². The maximum absolute atomic E-state index is 13.6. The van der Waals surface area contributed by atoms with Crippen molar-refractivity contribution in [3.63, 3.8) is 0 Å². The number of ether oxygens (including phenoxy) is 1. The molecule has 0 spiro atoms. The van der Waals surface area contributed by atoms with Crippen LogP contribution in [0, 0.1) is 5.82 Å². The number of benzene rings is 1. The Morgan fingerprint density at radius 3 is 2.76 bits per heavy atom. The zero-order valence-electron chi connectivity index (χ0n) is 11.6. The number of urea groups is 1. The first kappa shape index (κ1) is 15.2. The third-order valence-corrected chi connectivity index (χ3v) is 3.51. The fourth-order valence-corrected chi connectivity index (χ4v) is 2.38. The van der Waals surface area contributed by atoms with Crippen molar-refractivity contribution in [2.45, 2.75) is 31.4 Å². The van der Waals surface area contributed by atoms with Gasteiger partial charge in [-0.25, -0.2) is 14.0 Å². The molecule has 1 aromatic carbocycles. The molecule has 1 fully saturated rings. The number of carbonyl (C=O) groups excluding carboxylic acids is 1. The minimum atomic E-state index is -1.18. The maximum atomic E-state index is 13.6. The molecule has 0 heterocycles. The summed E-state index contributed by atoms with van der Waals surface area (Å²) in [6, 6.07) is 2.65. The second kappa shape index (κ2) is 6.53. The summed E-state index contributed by atoms with van der Waals surface area (Å²) in [4.78, 5) is 22.7. The average Bonchev–Trinajstić information content (AvgIpc) is 2.88. The van der Waals surface area contributed by atoms with Gasteiger partial charge in [-0.05, 0) is 37.5 Å². The van der Waals surface area contributed by atoms with E-state index in [2.05, 4.69) is 10.6 Å². The Labute approximate surface area is 121 Å². The number of carbonyl (C=O) groups is 2. The van der Waals surface area contributed by atoms with Crippen LogP contribution in [0.1, 0.15) is 29.6 Å². The third-order valence-electron chi connectivity index (χ3n) is 3.51. The van der Waals surface area contributed by atoms with Crippen LogP contribution in [0.25, 0.3) is 0 Å². The number of halogens is 1. The Kier molecular flexibility index (Phi) is 4.74. The lowest BCUT2D eigenvalue weighted by Crippen LogP contribution is -2.37. The first-order valence-corrected chi connectivity index (χ1v) is 6.62. The van der Waals surface area contributed by atoms with E-state index in [-0.39, 0.29) is 23.4 Å². The standard InChI is InChI=1S/C14H17FN2O4/c1-21-10-4-3-9(7-10)16-14(20)17-12-6-8(13(18)19)2-5-11(12)15/h2,5-6,9-10H,3-4,7H2,1H3,(H,18,19)(H2,16,17,20). The van der Waals surface area contributed by atoms with Gasteiger partial charge < -0.3 is 20.5 Å². The monoisotopic (exact) mass is 296 g/mol. The first-order chi connectivity index (χ1) is 9.99. The van der Waals surface area contributed by atoms with Gasteiger partial charge in [0.05, 0.1) is 17.4 Å². The zero-order valence-corrected chi connectivity index (χ0v) is 11.6. The predicted octanol–water partition coefficient (Wildman–Crippen LogP) is 2.21. The molecular formula is C14H17FN2O4. The van der Waals surface area contributed by atoms with E-state index < -0.39 is 17.8 Å². The summed E-state index contributed by atoms with van der Waals surface area (Å²) in [5.74, 6) is -1.87. The number of carboxylic acids is 1. The van der Waals surface area contributed by atoms with Gasteiger partial charge >= 0.3 is 12.0 Å². The average molecular weight is 296 g/mol. The maximum Gasteiger partial charge on any atom is 0.335 e. The number of carboxylic acid groups (broad SMARTS) is 1. The van der Waals surface area contributed by atoms with Crippen LogP contribution < -0.4 is 10.6 Å². The van der Waals surface area contributed by atoms with Gasteiger partial charge in [-0.2, -0.15) is 0 Å². The van der Waals surface area contributed by atoms with Crippen molar-refractivity contribution >= 4 is 17.7 Å². The molecule has 2 rings (SSSR count). The minimum absolute atomic E-state index is 0.0272. The molecule has 0 aromatic heterocycles. The number of nitrogens with one attached hydrogen (secondary N) is 2. The summed E-state index contributed by atoms with van der Waals surface area (Å²) in [6.07, 6.45) is 2.50. The van der Waals surface area contributed by atoms with Gasteiger partial charge in [0.25, 0.3) is 0 Å². The number of aromatic carboxylic acids is 1. The fourth-order valence-electron chi connectivity index (χ4n) is 2.38. The van der Waals surface area contributed by atoms with E-state index in [1.807, 2.05) is 0 Å². The molecule has 0 aliphatic heterocycles. The lowest BCUT2D eigenvalue weighted by molar-refractivity contribution is 0.0696. The summed E-state index contributed by atoms with van der Waals surface area (Å²) in [5.41, 5.74) is -0.249. The van der Waals surface area contributed by atoms with Gasteiger partial charge in [0.1, 0.15) is 5.82 Å². The van der Waals surface area contributed by atoms with Crippen LogP contribution in [0.5, 0.6) is 0 Å². The van der Waals surface area contributed by atoms with Crippen LogP contribution in [0.4, 0.5) is 14.9 Å². The molecule has 1 saturated carbocycles. The number of anilines is 1. The SMILES string of the molecule is COC1CCC(NC(=O)Nc2cc(C(=O)O)ccc2F)C1. The summed E-state index contributed by atoms with van der Waals surface area (Å²) in [6.45, 7) is 0. The second-order valence-electron chi connectivity index (χ2n) is 4.97. The Balaban J connectivity index is 1.96. The summed E-state index contributed by atoms with van der Waals surface area (Å²) >= 11 is 0. The highest BCUT2D eigenvalue weighted by molar-refractivity contribution is 5.93. The summed E-state index contributed by atoms with van der Waals surface area (Å²) in [7, 11) is 1.62. The molecule has 0 saturated heterocycles. The van der Waals surface area contributed by atoms with Crippen molar-refractivity contribution in [3.8, 4) is 0 Å². The van der Waals surface area contributed by atoms with Gasteiger partial charge in [0.15, 0.2) is 0 Å². The van der Waals surface area contributed by atoms with E-state index in [1.165, 1.54) is 0 Å². The summed E-state index contributed by atoms with van der Waals surface area (Å²) in [5, 5.41) is 13.9. The van der Waals surface area contributed by atoms with Crippen LogP contribution in [0.2, 0.25) is 0 Å². The molecular weight excluding hydrogens is 279 g/mol. The van der Waals surface area contributed by atoms with Gasteiger partial charge in [-0.3, -0.25) is 0 Å². The van der Waals surface area contributed by atoms with Crippen LogP contribution in [0.3, 0.4) is 0 Å². The van der Waals surface area contributed by atoms with Crippen LogP contribution >= 0.6 is 0 Å². The van der Waals surface area contributed by atoms with Gasteiger partial charge in [-0.15, -0.1) is 0 Å². The zero-order chi connectivity index (χ0) is 15.4. The molecule has 21 heavy (non-hydrogen) atoms. The van der Waals surface area contributed by atoms with Crippen LogP contribution in [-0.2, 0) is 4.74 Å². The molecule has 1 aliphatic carbocycles. The van der Waals surface area contributed by atoms with Crippen molar-refractivity contribution in [1.29, 1.82) is 0 Å². The van der Waals surface area contributed by atoms with Crippen molar-refractivity contribution in [1.82, 2.24) is 5.32 Å². The van der Waals surface area contributed by atoms with Gasteiger partial charge in [0.2, 0.25) is 0 Å². The Bertz CT molecular complexity index is 550. The van der Waals surface area contributed by atoms with Crippen molar-refractivity contribution in [2.24, 2.45) is 0 Å². The number of hydrogen-bond donors (Lipinski definition) is 3. The third kappa shape index (κ3) is 3.91. The number of methoxy groups -OCH3 is 1. The molecule has 0 bridgehead atoms. The predicted molar refractivity (Wildman–Crippen MR) is 73.9 cm³/mol. The molecule has 2 atom stereocenters. The van der Waals surface area contributed by atoms with E-state index in [0.29, 0.717) is 6.42 Å². The lowest BCUT2D eigenvalue weighted by atomic mass is 10.2. The summed E-state index contributed by atoms with van der Waals surface area (Å²) < 4.78 is 18.8. The Morgan fingerprint density at radius 2 is 2.14 bits per heavy atom. The smallest absolute Gasteiger partial charge is 0.335 e. The highest BCUT2D eigenvalue weighted by Crippen LogP contribution is 2.22. The first-order valence-electron chi connectivity index (χ1n) is 6.62. The molecule has 114 valence electrons. The molecule has 2 unspecified atom stereocenters. The van der Waals surface area contributed by atoms with Crippen LogP contribution in [-0.4, -0.2) is 36.4 Å². The molecule has 6 nitrogen and oxygen atoms in total. The normalized spacial score (nSPS) is 21.0. The topological polar surface area (TPSA) is 87.7 Å². The fraction of sp³-hybridized carbons (Fsp3) is 0.429. The van der Waals surface area contributed by atoms with E-state index in [1.54, 1.807) is 7.11 Å². The van der Waals surface area contributed by atoms with Crippen molar-refractivity contribution < 1.29 is 23.8 Å². The molecule has 7 heteroatoms. The quantitative estimate of drug-likeness (QED) is 0.795. The van der Waals surface area contributed by atoms with Gasteiger partial charge in [-0.1, -0.05) is 0 Å². The highest BCUT2D eigenvalue weighted by atomic mass is 19.1. The largest absolute Gasteiger partial charge is 0.478 e. The molecule has 1 aromatic rings. The van der Waals surface area contributed by atoms with Crippen LogP contribution in [0.15, 0.2) is 18.2 Å². The second-order valence-corrected chi connectivity index (χ2v) is 4.97. The number of hydrogen-bond acceptors (Lipinski definition) is 3. The molecule has 2 amide bonds. The Hall–Kier alpha value is -2.15. The van der Waals surface area contributed by atoms with E-state index >= 15 is 0 Å². The molecule has 1 aliphatic rings. The number of amides is 2. The Morgan fingerprint density at radius 1 is 1.38 bits per heavy atom. The highest BCUT2D eigenvalue weighted by Gasteiger charge is 2.25.